The molecule has 1 N–H and O–H groups in total. The maximum atomic E-state index is 11.7. The molecule has 1 amide bonds. The Kier molecular flexibility index (Phi) is 7.03. The Morgan fingerprint density at radius 1 is 1.43 bits per heavy atom. The van der Waals surface area contributed by atoms with Gasteiger partial charge in [-0.2, -0.15) is 5.26 Å². The minimum Gasteiger partial charge on any atom is -0.490 e. The number of amides is 1. The maximum absolute atomic E-state index is 11.7. The zero-order valence-electron chi connectivity index (χ0n) is 12.4. The Morgan fingerprint density at radius 2 is 2.14 bits per heavy atom. The van der Waals surface area contributed by atoms with Gasteiger partial charge in [0.1, 0.15) is 0 Å². The van der Waals surface area contributed by atoms with Gasteiger partial charge in [0.2, 0.25) is 0 Å². The van der Waals surface area contributed by atoms with E-state index in [4.69, 9.17) is 14.7 Å². The Labute approximate surface area is 133 Å². The molecule has 0 spiro atoms. The van der Waals surface area contributed by atoms with Crippen molar-refractivity contribution in [2.45, 2.75) is 33.2 Å². The van der Waals surface area contributed by atoms with E-state index in [0.29, 0.717) is 28.1 Å². The number of rotatable bonds is 7. The van der Waals surface area contributed by atoms with Gasteiger partial charge in [0.05, 0.1) is 22.7 Å². The second-order valence-electron chi connectivity index (χ2n) is 4.50. The van der Waals surface area contributed by atoms with Crippen molar-refractivity contribution >= 4 is 21.8 Å². The molecule has 1 aromatic carbocycles. The lowest BCUT2D eigenvalue weighted by atomic mass is 10.2. The molecule has 0 heterocycles. The number of nitrogens with one attached hydrogen (secondary N) is 1. The van der Waals surface area contributed by atoms with E-state index in [1.165, 1.54) is 0 Å². The van der Waals surface area contributed by atoms with Gasteiger partial charge in [-0.3, -0.25) is 4.79 Å². The normalized spacial score (nSPS) is 11.4. The van der Waals surface area contributed by atoms with E-state index in [-0.39, 0.29) is 18.6 Å². The lowest BCUT2D eigenvalue weighted by molar-refractivity contribution is -0.123. The van der Waals surface area contributed by atoms with Crippen molar-refractivity contribution in [3.05, 3.63) is 22.2 Å². The first-order chi connectivity index (χ1) is 10.0. The quantitative estimate of drug-likeness (QED) is 0.816. The van der Waals surface area contributed by atoms with Crippen molar-refractivity contribution in [1.82, 2.24) is 5.32 Å². The lowest BCUT2D eigenvalue weighted by Crippen LogP contribution is -2.35. The molecule has 0 aliphatic carbocycles. The molecule has 1 atom stereocenters. The molecule has 0 saturated carbocycles. The van der Waals surface area contributed by atoms with Crippen molar-refractivity contribution in [2.75, 3.05) is 13.2 Å². The summed E-state index contributed by atoms with van der Waals surface area (Å²) in [5.74, 6) is 0.679. The molecule has 0 radical (unpaired) electrons. The number of carbonyl (C=O) groups excluding carboxylic acids is 1. The summed E-state index contributed by atoms with van der Waals surface area (Å²) in [6, 6.07) is 5.38. The summed E-state index contributed by atoms with van der Waals surface area (Å²) in [6.45, 7) is 6.11. The van der Waals surface area contributed by atoms with Crippen LogP contribution >= 0.6 is 15.9 Å². The third-order valence-electron chi connectivity index (χ3n) is 2.81. The van der Waals surface area contributed by atoms with Crippen molar-refractivity contribution in [3.8, 4) is 17.6 Å². The van der Waals surface area contributed by atoms with Crippen molar-refractivity contribution in [3.63, 3.8) is 0 Å². The molecule has 114 valence electrons. The van der Waals surface area contributed by atoms with E-state index >= 15 is 0 Å². The lowest BCUT2D eigenvalue weighted by Gasteiger charge is -2.15. The molecule has 6 heteroatoms. The van der Waals surface area contributed by atoms with Crippen LogP contribution in [-0.2, 0) is 4.79 Å². The summed E-state index contributed by atoms with van der Waals surface area (Å²) in [7, 11) is 0. The maximum Gasteiger partial charge on any atom is 0.258 e. The fraction of sp³-hybridized carbons (Fsp3) is 0.467. The predicted molar refractivity (Wildman–Crippen MR) is 83.4 cm³/mol. The van der Waals surface area contributed by atoms with E-state index in [2.05, 4.69) is 21.2 Å². The fourth-order valence-corrected chi connectivity index (χ4v) is 2.15. The van der Waals surface area contributed by atoms with Gasteiger partial charge in [0.25, 0.3) is 5.91 Å². The van der Waals surface area contributed by atoms with E-state index in [1.807, 2.05) is 26.8 Å². The average molecular weight is 355 g/mol. The summed E-state index contributed by atoms with van der Waals surface area (Å²) in [5, 5.41) is 11.8. The predicted octanol–water partition coefficient (Wildman–Crippen LogP) is 3.01. The number of ether oxygens (including phenoxy) is 2. The summed E-state index contributed by atoms with van der Waals surface area (Å²) in [4.78, 5) is 11.7. The van der Waals surface area contributed by atoms with Crippen LogP contribution in [0.4, 0.5) is 0 Å². The molecular formula is C15H19BrN2O3. The molecule has 0 aromatic heterocycles. The van der Waals surface area contributed by atoms with E-state index < -0.39 is 0 Å². The molecule has 0 aliphatic rings. The van der Waals surface area contributed by atoms with Crippen LogP contribution in [0.5, 0.6) is 11.5 Å². The zero-order valence-corrected chi connectivity index (χ0v) is 14.0. The molecule has 5 nitrogen and oxygen atoms in total. The molecule has 0 bridgehead atoms. The molecule has 1 rings (SSSR count). The first kappa shape index (κ1) is 17.3. The van der Waals surface area contributed by atoms with Gasteiger partial charge >= 0.3 is 0 Å². The number of nitrogens with zero attached hydrogens (tertiary/aromatic N) is 1. The Bertz CT molecular complexity index is 540. The first-order valence-electron chi connectivity index (χ1n) is 6.80. The second-order valence-corrected chi connectivity index (χ2v) is 5.35. The van der Waals surface area contributed by atoms with Crippen LogP contribution < -0.4 is 14.8 Å². The van der Waals surface area contributed by atoms with Gasteiger partial charge in [-0.05, 0) is 42.3 Å². The van der Waals surface area contributed by atoms with Gasteiger partial charge in [0.15, 0.2) is 18.1 Å². The second kappa shape index (κ2) is 8.53. The molecule has 0 aliphatic heterocycles. The minimum absolute atomic E-state index is 0.102. The van der Waals surface area contributed by atoms with Crippen LogP contribution in [0.3, 0.4) is 0 Å². The Hall–Kier alpha value is -1.74. The zero-order chi connectivity index (χ0) is 15.8. The minimum atomic E-state index is -0.192. The monoisotopic (exact) mass is 354 g/mol. The number of carbonyl (C=O) groups is 1. The molecule has 21 heavy (non-hydrogen) atoms. The van der Waals surface area contributed by atoms with E-state index in [9.17, 15) is 4.79 Å². The topological polar surface area (TPSA) is 71.3 Å². The molecule has 1 aromatic rings. The number of hydrogen-bond donors (Lipinski definition) is 1. The van der Waals surface area contributed by atoms with Crippen molar-refractivity contribution in [1.29, 1.82) is 5.26 Å². The SMILES string of the molecule is CCOc1cc(C#N)cc(Br)c1OCC(=O)NC(C)CC. The molecule has 0 fully saturated rings. The summed E-state index contributed by atoms with van der Waals surface area (Å²) >= 11 is 3.34. The van der Waals surface area contributed by atoms with Gasteiger partial charge in [-0.15, -0.1) is 0 Å². The van der Waals surface area contributed by atoms with Crippen LogP contribution in [0.25, 0.3) is 0 Å². The van der Waals surface area contributed by atoms with Gasteiger partial charge in [0, 0.05) is 12.1 Å². The van der Waals surface area contributed by atoms with Crippen LogP contribution in [0.2, 0.25) is 0 Å². The highest BCUT2D eigenvalue weighted by molar-refractivity contribution is 9.10. The Balaban J connectivity index is 2.82. The van der Waals surface area contributed by atoms with E-state index in [0.717, 1.165) is 6.42 Å². The highest BCUT2D eigenvalue weighted by Crippen LogP contribution is 2.36. The van der Waals surface area contributed by atoms with Crippen LogP contribution in [0, 0.1) is 11.3 Å². The van der Waals surface area contributed by atoms with Crippen molar-refractivity contribution in [2.24, 2.45) is 0 Å². The van der Waals surface area contributed by atoms with Gasteiger partial charge in [-0.1, -0.05) is 6.92 Å². The Morgan fingerprint density at radius 3 is 2.71 bits per heavy atom. The summed E-state index contributed by atoms with van der Waals surface area (Å²) in [6.07, 6.45) is 0.858. The summed E-state index contributed by atoms with van der Waals surface area (Å²) < 4.78 is 11.6. The number of hydrogen-bond acceptors (Lipinski definition) is 4. The molecule has 0 saturated heterocycles. The van der Waals surface area contributed by atoms with Crippen molar-refractivity contribution < 1.29 is 14.3 Å². The van der Waals surface area contributed by atoms with Crippen LogP contribution in [-0.4, -0.2) is 25.2 Å². The van der Waals surface area contributed by atoms with Gasteiger partial charge < -0.3 is 14.8 Å². The van der Waals surface area contributed by atoms with E-state index in [1.54, 1.807) is 12.1 Å². The highest BCUT2D eigenvalue weighted by atomic mass is 79.9. The first-order valence-corrected chi connectivity index (χ1v) is 7.59. The number of halogens is 1. The number of benzene rings is 1. The van der Waals surface area contributed by atoms with Crippen LogP contribution in [0.15, 0.2) is 16.6 Å². The average Bonchev–Trinajstić information content (AvgIpc) is 2.46. The molecule has 1 unspecified atom stereocenters. The number of nitriles is 1. The standard InChI is InChI=1S/C15H19BrN2O3/c1-4-10(3)18-14(19)9-21-15-12(16)6-11(8-17)7-13(15)20-5-2/h6-7,10H,4-5,9H2,1-3H3,(H,18,19). The fourth-order valence-electron chi connectivity index (χ4n) is 1.59. The third kappa shape index (κ3) is 5.27. The third-order valence-corrected chi connectivity index (χ3v) is 3.39. The van der Waals surface area contributed by atoms with Crippen LogP contribution in [0.1, 0.15) is 32.8 Å². The molecular weight excluding hydrogens is 336 g/mol. The highest BCUT2D eigenvalue weighted by Gasteiger charge is 2.14. The van der Waals surface area contributed by atoms with Gasteiger partial charge in [-0.25, -0.2) is 0 Å². The smallest absolute Gasteiger partial charge is 0.258 e. The largest absolute Gasteiger partial charge is 0.490 e. The summed E-state index contributed by atoms with van der Waals surface area (Å²) in [5.41, 5.74) is 0.460.